The Bertz CT molecular complexity index is 501. The quantitative estimate of drug-likeness (QED) is 0.831. The molecule has 1 aliphatic rings. The number of nitriles is 1. The van der Waals surface area contributed by atoms with E-state index in [0.29, 0.717) is 0 Å². The molecular weight excluding hydrogens is 248 g/mol. The molecule has 1 heterocycles. The van der Waals surface area contributed by atoms with Crippen molar-refractivity contribution >= 4 is 0 Å². The Hall–Kier alpha value is -1.37. The van der Waals surface area contributed by atoms with Crippen LogP contribution in [0.4, 0.5) is 0 Å². The summed E-state index contributed by atoms with van der Waals surface area (Å²) < 4.78 is 0. The van der Waals surface area contributed by atoms with E-state index in [1.165, 1.54) is 0 Å². The van der Waals surface area contributed by atoms with Gasteiger partial charge in [0, 0.05) is 5.54 Å². The second-order valence-electron chi connectivity index (χ2n) is 6.80. The monoisotopic (exact) mass is 272 g/mol. The first-order valence-corrected chi connectivity index (χ1v) is 7.20. The molecule has 0 radical (unpaired) electrons. The molecular formula is C17H24N2O. The van der Waals surface area contributed by atoms with Crippen LogP contribution in [0.2, 0.25) is 0 Å². The van der Waals surface area contributed by atoms with E-state index in [9.17, 15) is 5.26 Å². The van der Waals surface area contributed by atoms with Crippen molar-refractivity contribution in [2.24, 2.45) is 5.92 Å². The Morgan fingerprint density at radius 2 is 1.85 bits per heavy atom. The first-order valence-electron chi connectivity index (χ1n) is 7.20. The van der Waals surface area contributed by atoms with Crippen molar-refractivity contribution in [3.63, 3.8) is 0 Å². The van der Waals surface area contributed by atoms with E-state index in [1.807, 2.05) is 23.3 Å². The number of nitrogens with zero attached hydrogens (tertiary/aromatic N) is 2. The zero-order chi connectivity index (χ0) is 15.0. The molecule has 20 heavy (non-hydrogen) atoms. The molecule has 0 bridgehead atoms. The van der Waals surface area contributed by atoms with Crippen molar-refractivity contribution in [2.75, 3.05) is 0 Å². The van der Waals surface area contributed by atoms with Gasteiger partial charge in [-0.2, -0.15) is 10.3 Å². The van der Waals surface area contributed by atoms with E-state index in [0.717, 1.165) is 12.0 Å². The molecule has 2 rings (SSSR count). The largest absolute Gasteiger partial charge is 0.290 e. The molecule has 0 N–H and O–H groups in total. The van der Waals surface area contributed by atoms with Gasteiger partial charge < -0.3 is 0 Å². The second kappa shape index (κ2) is 5.20. The van der Waals surface area contributed by atoms with E-state index >= 15 is 0 Å². The van der Waals surface area contributed by atoms with Gasteiger partial charge in [0.05, 0.1) is 17.5 Å². The molecule has 0 saturated carbocycles. The lowest BCUT2D eigenvalue weighted by atomic mass is 9.88. The fourth-order valence-corrected chi connectivity index (χ4v) is 3.18. The minimum atomic E-state index is -0.276. The smallest absolute Gasteiger partial charge is 0.102 e. The number of benzene rings is 1. The predicted octanol–water partition coefficient (Wildman–Crippen LogP) is 4.08. The summed E-state index contributed by atoms with van der Waals surface area (Å²) in [5, 5.41) is 11.4. The molecule has 1 fully saturated rings. The van der Waals surface area contributed by atoms with Crippen molar-refractivity contribution in [1.29, 1.82) is 5.26 Å². The molecule has 0 aromatic heterocycles. The summed E-state index contributed by atoms with van der Waals surface area (Å²) >= 11 is 0. The van der Waals surface area contributed by atoms with Gasteiger partial charge in [0.25, 0.3) is 0 Å². The number of rotatable bonds is 3. The van der Waals surface area contributed by atoms with Crippen molar-refractivity contribution < 1.29 is 4.84 Å². The highest BCUT2D eigenvalue weighted by atomic mass is 16.7. The topological polar surface area (TPSA) is 36.3 Å². The van der Waals surface area contributed by atoms with Crippen LogP contribution in [0.15, 0.2) is 30.3 Å². The van der Waals surface area contributed by atoms with Gasteiger partial charge in [-0.1, -0.05) is 30.3 Å². The van der Waals surface area contributed by atoms with Gasteiger partial charge in [0.15, 0.2) is 0 Å². The SMILES string of the molecule is CC(ON1C(C)(C)CC(C#N)C1(C)C)c1ccccc1. The molecule has 1 aromatic rings. The maximum absolute atomic E-state index is 9.37. The Morgan fingerprint density at radius 1 is 1.25 bits per heavy atom. The van der Waals surface area contributed by atoms with Gasteiger partial charge in [0.2, 0.25) is 0 Å². The number of hydrogen-bond acceptors (Lipinski definition) is 3. The van der Waals surface area contributed by atoms with E-state index in [1.54, 1.807) is 0 Å². The van der Waals surface area contributed by atoms with Crippen LogP contribution in [-0.2, 0) is 4.84 Å². The van der Waals surface area contributed by atoms with E-state index in [-0.39, 0.29) is 23.1 Å². The maximum atomic E-state index is 9.37. The van der Waals surface area contributed by atoms with Crippen molar-refractivity contribution in [3.05, 3.63) is 35.9 Å². The predicted molar refractivity (Wildman–Crippen MR) is 79.7 cm³/mol. The van der Waals surface area contributed by atoms with Crippen LogP contribution in [0.25, 0.3) is 0 Å². The molecule has 1 aliphatic heterocycles. The van der Waals surface area contributed by atoms with Crippen LogP contribution in [-0.4, -0.2) is 16.1 Å². The van der Waals surface area contributed by atoms with Crippen molar-refractivity contribution in [1.82, 2.24) is 5.06 Å². The molecule has 3 nitrogen and oxygen atoms in total. The fourth-order valence-electron chi connectivity index (χ4n) is 3.18. The Balaban J connectivity index is 2.21. The first kappa shape index (κ1) is 15.0. The summed E-state index contributed by atoms with van der Waals surface area (Å²) in [6.45, 7) is 10.5. The summed E-state index contributed by atoms with van der Waals surface area (Å²) in [5.41, 5.74) is 0.744. The molecule has 2 unspecified atom stereocenters. The standard InChI is InChI=1S/C17H24N2O/c1-13(14-9-7-6-8-10-14)20-19-16(2,3)11-15(12-18)17(19,4)5/h6-10,13,15H,11H2,1-5H3. The zero-order valence-electron chi connectivity index (χ0n) is 13.1. The van der Waals surface area contributed by atoms with Gasteiger partial charge in [-0.15, -0.1) is 0 Å². The third-order valence-electron chi connectivity index (χ3n) is 4.32. The third-order valence-corrected chi connectivity index (χ3v) is 4.32. The Morgan fingerprint density at radius 3 is 2.35 bits per heavy atom. The summed E-state index contributed by atoms with van der Waals surface area (Å²) in [5.74, 6) is -0.0135. The van der Waals surface area contributed by atoms with Gasteiger partial charge >= 0.3 is 0 Å². The van der Waals surface area contributed by atoms with Crippen LogP contribution in [0.3, 0.4) is 0 Å². The zero-order valence-corrected chi connectivity index (χ0v) is 13.1. The minimum absolute atomic E-state index is 0.0135. The number of hydrogen-bond donors (Lipinski definition) is 0. The van der Waals surface area contributed by atoms with Crippen molar-refractivity contribution in [2.45, 2.75) is 58.2 Å². The molecule has 2 atom stereocenters. The minimum Gasteiger partial charge on any atom is -0.290 e. The second-order valence-corrected chi connectivity index (χ2v) is 6.80. The van der Waals surface area contributed by atoms with Crippen molar-refractivity contribution in [3.8, 4) is 6.07 Å². The summed E-state index contributed by atoms with van der Waals surface area (Å²) in [7, 11) is 0. The van der Waals surface area contributed by atoms with Crippen LogP contribution >= 0.6 is 0 Å². The lowest BCUT2D eigenvalue weighted by Crippen LogP contribution is -2.49. The Labute approximate surface area is 122 Å². The first-order chi connectivity index (χ1) is 9.29. The lowest BCUT2D eigenvalue weighted by molar-refractivity contribution is -0.270. The van der Waals surface area contributed by atoms with Crippen LogP contribution in [0, 0.1) is 17.2 Å². The number of hydroxylamine groups is 2. The average Bonchev–Trinajstić information content (AvgIpc) is 2.58. The lowest BCUT2D eigenvalue weighted by Gasteiger charge is -2.41. The van der Waals surface area contributed by atoms with E-state index < -0.39 is 0 Å². The molecule has 0 amide bonds. The Kier molecular flexibility index (Phi) is 3.90. The average molecular weight is 272 g/mol. The summed E-state index contributed by atoms with van der Waals surface area (Å²) in [6, 6.07) is 12.6. The summed E-state index contributed by atoms with van der Waals surface area (Å²) in [4.78, 5) is 6.24. The van der Waals surface area contributed by atoms with Gasteiger partial charge in [-0.05, 0) is 46.6 Å². The highest BCUT2D eigenvalue weighted by molar-refractivity contribution is 5.17. The van der Waals surface area contributed by atoms with Crippen LogP contribution < -0.4 is 0 Å². The van der Waals surface area contributed by atoms with Crippen LogP contribution in [0.5, 0.6) is 0 Å². The van der Waals surface area contributed by atoms with E-state index in [4.69, 9.17) is 4.84 Å². The molecule has 1 aromatic carbocycles. The molecule has 1 saturated heterocycles. The van der Waals surface area contributed by atoms with Gasteiger partial charge in [0.1, 0.15) is 6.10 Å². The summed E-state index contributed by atoms with van der Waals surface area (Å²) in [6.07, 6.45) is 0.810. The highest BCUT2D eigenvalue weighted by Gasteiger charge is 2.53. The molecule has 3 heteroatoms. The van der Waals surface area contributed by atoms with Gasteiger partial charge in [-0.25, -0.2) is 0 Å². The van der Waals surface area contributed by atoms with Gasteiger partial charge in [-0.3, -0.25) is 4.84 Å². The maximum Gasteiger partial charge on any atom is 0.102 e. The third kappa shape index (κ3) is 2.59. The van der Waals surface area contributed by atoms with Crippen LogP contribution in [0.1, 0.15) is 52.7 Å². The highest BCUT2D eigenvalue weighted by Crippen LogP contribution is 2.46. The molecule has 108 valence electrons. The normalized spacial score (nSPS) is 26.1. The van der Waals surface area contributed by atoms with E-state index in [2.05, 4.69) is 52.8 Å². The fraction of sp³-hybridized carbons (Fsp3) is 0.588. The molecule has 0 aliphatic carbocycles. The molecule has 0 spiro atoms.